The van der Waals surface area contributed by atoms with Crippen LogP contribution in [-0.4, -0.2) is 29.8 Å². The molecule has 94 valence electrons. The van der Waals surface area contributed by atoms with Crippen LogP contribution < -0.4 is 10.6 Å². The first-order valence-electron chi connectivity index (χ1n) is 6.44. The molecular formula is C12H24N2O2. The molecule has 4 nitrogen and oxygen atoms in total. The van der Waals surface area contributed by atoms with Gasteiger partial charge in [0.05, 0.1) is 6.10 Å². The van der Waals surface area contributed by atoms with Crippen molar-refractivity contribution in [3.63, 3.8) is 0 Å². The van der Waals surface area contributed by atoms with Gasteiger partial charge < -0.3 is 15.7 Å². The van der Waals surface area contributed by atoms with Crippen molar-refractivity contribution in [2.75, 3.05) is 6.54 Å². The fourth-order valence-electron chi connectivity index (χ4n) is 2.13. The molecule has 0 bridgehead atoms. The van der Waals surface area contributed by atoms with Gasteiger partial charge in [0.25, 0.3) is 0 Å². The van der Waals surface area contributed by atoms with Crippen molar-refractivity contribution >= 4 is 6.03 Å². The van der Waals surface area contributed by atoms with Gasteiger partial charge >= 0.3 is 6.03 Å². The zero-order valence-corrected chi connectivity index (χ0v) is 10.2. The summed E-state index contributed by atoms with van der Waals surface area (Å²) in [5.74, 6) is 0. The molecule has 0 aromatic heterocycles. The SMILES string of the molecule is CCCC(O)CNC(=O)NC1CCCCC1. The molecule has 1 atom stereocenters. The summed E-state index contributed by atoms with van der Waals surface area (Å²) in [6.45, 7) is 2.37. The van der Waals surface area contributed by atoms with Gasteiger partial charge in [0.1, 0.15) is 0 Å². The molecule has 4 heteroatoms. The molecule has 0 saturated heterocycles. The summed E-state index contributed by atoms with van der Waals surface area (Å²) in [6, 6.07) is 0.194. The van der Waals surface area contributed by atoms with Gasteiger partial charge in [0, 0.05) is 12.6 Å². The maximum absolute atomic E-state index is 11.5. The number of carbonyl (C=O) groups is 1. The van der Waals surface area contributed by atoms with Gasteiger partial charge in [0.15, 0.2) is 0 Å². The zero-order chi connectivity index (χ0) is 11.8. The molecule has 0 aliphatic heterocycles. The van der Waals surface area contributed by atoms with E-state index in [4.69, 9.17) is 0 Å². The van der Waals surface area contributed by atoms with E-state index in [1.54, 1.807) is 0 Å². The van der Waals surface area contributed by atoms with Crippen molar-refractivity contribution in [3.8, 4) is 0 Å². The van der Waals surface area contributed by atoms with E-state index in [9.17, 15) is 9.90 Å². The van der Waals surface area contributed by atoms with Gasteiger partial charge in [-0.15, -0.1) is 0 Å². The molecule has 0 aromatic carbocycles. The molecule has 1 aliphatic carbocycles. The Morgan fingerprint density at radius 2 is 2.06 bits per heavy atom. The van der Waals surface area contributed by atoms with Crippen LogP contribution in [0.5, 0.6) is 0 Å². The summed E-state index contributed by atoms with van der Waals surface area (Å²) in [7, 11) is 0. The van der Waals surface area contributed by atoms with E-state index in [2.05, 4.69) is 10.6 Å². The van der Waals surface area contributed by atoms with Gasteiger partial charge in [-0.25, -0.2) is 4.79 Å². The molecule has 0 aromatic rings. The highest BCUT2D eigenvalue weighted by atomic mass is 16.3. The fourth-order valence-corrected chi connectivity index (χ4v) is 2.13. The summed E-state index contributed by atoms with van der Waals surface area (Å²) in [5, 5.41) is 15.1. The number of urea groups is 1. The van der Waals surface area contributed by atoms with E-state index in [0.717, 1.165) is 25.7 Å². The summed E-state index contributed by atoms with van der Waals surface area (Å²) < 4.78 is 0. The van der Waals surface area contributed by atoms with Crippen molar-refractivity contribution in [2.45, 2.75) is 64.0 Å². The number of carbonyl (C=O) groups excluding carboxylic acids is 1. The molecular weight excluding hydrogens is 204 g/mol. The number of nitrogens with one attached hydrogen (secondary N) is 2. The van der Waals surface area contributed by atoms with Crippen molar-refractivity contribution in [3.05, 3.63) is 0 Å². The Labute approximate surface area is 97.8 Å². The predicted octanol–water partition coefficient (Wildman–Crippen LogP) is 1.78. The third kappa shape index (κ3) is 5.35. The first kappa shape index (κ1) is 13.3. The second-order valence-electron chi connectivity index (χ2n) is 4.63. The standard InChI is InChI=1S/C12H24N2O2/c1-2-6-11(15)9-13-12(16)14-10-7-4-3-5-8-10/h10-11,15H,2-9H2,1H3,(H2,13,14,16). The lowest BCUT2D eigenvalue weighted by Gasteiger charge is -2.23. The highest BCUT2D eigenvalue weighted by Crippen LogP contribution is 2.17. The van der Waals surface area contributed by atoms with Gasteiger partial charge in [-0.2, -0.15) is 0 Å². The predicted molar refractivity (Wildman–Crippen MR) is 64.3 cm³/mol. The number of rotatable bonds is 5. The molecule has 0 heterocycles. The van der Waals surface area contributed by atoms with Crippen molar-refractivity contribution in [2.24, 2.45) is 0 Å². The molecule has 2 amide bonds. The highest BCUT2D eigenvalue weighted by Gasteiger charge is 2.15. The van der Waals surface area contributed by atoms with Crippen LogP contribution in [0.4, 0.5) is 4.79 Å². The lowest BCUT2D eigenvalue weighted by Crippen LogP contribution is -2.45. The van der Waals surface area contributed by atoms with Gasteiger partial charge in [0.2, 0.25) is 0 Å². The van der Waals surface area contributed by atoms with E-state index < -0.39 is 6.10 Å². The lowest BCUT2D eigenvalue weighted by atomic mass is 9.96. The second kappa shape index (κ2) is 7.49. The van der Waals surface area contributed by atoms with Crippen LogP contribution >= 0.6 is 0 Å². The van der Waals surface area contributed by atoms with Crippen LogP contribution in [0.1, 0.15) is 51.9 Å². The summed E-state index contributed by atoms with van der Waals surface area (Å²) in [4.78, 5) is 11.5. The quantitative estimate of drug-likeness (QED) is 0.671. The maximum Gasteiger partial charge on any atom is 0.315 e. The monoisotopic (exact) mass is 228 g/mol. The van der Waals surface area contributed by atoms with Gasteiger partial charge in [-0.3, -0.25) is 0 Å². The summed E-state index contributed by atoms with van der Waals surface area (Å²) >= 11 is 0. The van der Waals surface area contributed by atoms with Crippen LogP contribution in [0, 0.1) is 0 Å². The van der Waals surface area contributed by atoms with Crippen LogP contribution in [-0.2, 0) is 0 Å². The topological polar surface area (TPSA) is 61.4 Å². The number of hydrogen-bond donors (Lipinski definition) is 3. The van der Waals surface area contributed by atoms with Crippen LogP contribution in [0.15, 0.2) is 0 Å². The highest BCUT2D eigenvalue weighted by molar-refractivity contribution is 5.74. The minimum Gasteiger partial charge on any atom is -0.391 e. The van der Waals surface area contributed by atoms with Gasteiger partial charge in [-0.1, -0.05) is 32.6 Å². The molecule has 16 heavy (non-hydrogen) atoms. The molecule has 1 unspecified atom stereocenters. The number of amides is 2. The van der Waals surface area contributed by atoms with E-state index in [0.29, 0.717) is 12.6 Å². The number of aliphatic hydroxyl groups is 1. The number of hydrogen-bond acceptors (Lipinski definition) is 2. The third-order valence-electron chi connectivity index (χ3n) is 3.06. The van der Waals surface area contributed by atoms with E-state index in [1.807, 2.05) is 6.92 Å². The van der Waals surface area contributed by atoms with E-state index in [1.165, 1.54) is 19.3 Å². The molecule has 0 radical (unpaired) electrons. The molecule has 1 fully saturated rings. The fraction of sp³-hybridized carbons (Fsp3) is 0.917. The molecule has 1 aliphatic rings. The first-order valence-corrected chi connectivity index (χ1v) is 6.44. The van der Waals surface area contributed by atoms with Crippen LogP contribution in [0.2, 0.25) is 0 Å². The molecule has 3 N–H and O–H groups in total. The largest absolute Gasteiger partial charge is 0.391 e. The van der Waals surface area contributed by atoms with Crippen molar-refractivity contribution in [1.82, 2.24) is 10.6 Å². The van der Waals surface area contributed by atoms with E-state index >= 15 is 0 Å². The Hall–Kier alpha value is -0.770. The first-order chi connectivity index (χ1) is 7.72. The Balaban J connectivity index is 2.10. The van der Waals surface area contributed by atoms with Crippen LogP contribution in [0.25, 0.3) is 0 Å². The average Bonchev–Trinajstić information content (AvgIpc) is 2.28. The smallest absolute Gasteiger partial charge is 0.315 e. The molecule has 1 rings (SSSR count). The number of aliphatic hydroxyl groups excluding tert-OH is 1. The Bertz CT molecular complexity index is 203. The van der Waals surface area contributed by atoms with Gasteiger partial charge in [-0.05, 0) is 19.3 Å². The summed E-state index contributed by atoms with van der Waals surface area (Å²) in [5.41, 5.74) is 0. The van der Waals surface area contributed by atoms with Crippen molar-refractivity contribution in [1.29, 1.82) is 0 Å². The molecule has 0 spiro atoms. The maximum atomic E-state index is 11.5. The average molecular weight is 228 g/mol. The third-order valence-corrected chi connectivity index (χ3v) is 3.06. The van der Waals surface area contributed by atoms with Crippen LogP contribution in [0.3, 0.4) is 0 Å². The van der Waals surface area contributed by atoms with Crippen molar-refractivity contribution < 1.29 is 9.90 Å². The Morgan fingerprint density at radius 1 is 1.38 bits per heavy atom. The normalized spacial score (nSPS) is 19.1. The minimum absolute atomic E-state index is 0.137. The zero-order valence-electron chi connectivity index (χ0n) is 10.2. The summed E-state index contributed by atoms with van der Waals surface area (Å²) in [6.07, 6.45) is 7.15. The Morgan fingerprint density at radius 3 is 2.69 bits per heavy atom. The Kier molecular flexibility index (Phi) is 6.23. The second-order valence-corrected chi connectivity index (χ2v) is 4.63. The van der Waals surface area contributed by atoms with E-state index in [-0.39, 0.29) is 6.03 Å². The minimum atomic E-state index is -0.415. The molecule has 1 saturated carbocycles. The lowest BCUT2D eigenvalue weighted by molar-refractivity contribution is 0.159.